The molecular weight excluding hydrogens is 313 g/mol. The second-order valence-electron chi connectivity index (χ2n) is 6.32. The van der Waals surface area contributed by atoms with Gasteiger partial charge in [-0.1, -0.05) is 51.5 Å². The first kappa shape index (κ1) is 23.3. The Kier molecular flexibility index (Phi) is 12.3. The Morgan fingerprint density at radius 2 is 1.71 bits per heavy atom. The van der Waals surface area contributed by atoms with E-state index in [0.717, 1.165) is 18.4 Å². The number of carboxylic acid groups (broad SMARTS) is 1. The number of aliphatic carboxylic acids is 1. The number of rotatable bonds is 11. The van der Waals surface area contributed by atoms with E-state index in [1.54, 1.807) is 24.9 Å². The minimum absolute atomic E-state index is 0. The molecule has 0 radical (unpaired) electrons. The summed E-state index contributed by atoms with van der Waals surface area (Å²) in [4.78, 5) is 12.7. The molecule has 1 unspecified atom stereocenters. The van der Waals surface area contributed by atoms with Crippen molar-refractivity contribution in [3.8, 4) is 5.75 Å². The van der Waals surface area contributed by atoms with Crippen LogP contribution in [0.5, 0.6) is 5.75 Å². The fourth-order valence-electron chi connectivity index (χ4n) is 2.67. The van der Waals surface area contributed by atoms with Gasteiger partial charge in [0.2, 0.25) is 0 Å². The number of likely N-dealkylation sites (N-methyl/N-ethyl adjacent to an activating group) is 1. The fraction of sp³-hybridized carbons (Fsp3) is 0.632. The number of unbranched alkanes of at least 4 members (excludes halogenated alkanes) is 6. The number of phenolic OH excluding ortho intramolecular Hbond substituents is 1. The average Bonchev–Trinajstić information content (AvgIpc) is 2.54. The Morgan fingerprint density at radius 1 is 1.12 bits per heavy atom. The van der Waals surface area contributed by atoms with E-state index >= 15 is 0 Å². The molecule has 1 atom stereocenters. The Balaban J connectivity index is 0.00000529. The van der Waals surface area contributed by atoms with Crippen LogP contribution in [0.4, 0.5) is 5.69 Å². The van der Waals surface area contributed by atoms with E-state index in [2.05, 4.69) is 6.92 Å². The summed E-state index contributed by atoms with van der Waals surface area (Å²) in [5, 5.41) is 19.1. The second-order valence-corrected chi connectivity index (χ2v) is 6.32. The molecule has 0 amide bonds. The molecule has 4 nitrogen and oxygen atoms in total. The topological polar surface area (TPSA) is 60.8 Å². The van der Waals surface area contributed by atoms with Gasteiger partial charge >= 0.3 is 35.5 Å². The van der Waals surface area contributed by atoms with Crippen molar-refractivity contribution < 1.29 is 15.0 Å². The normalized spacial score (nSPS) is 11.6. The summed E-state index contributed by atoms with van der Waals surface area (Å²) in [6.45, 7) is 3.84. The van der Waals surface area contributed by atoms with Crippen LogP contribution in [0.25, 0.3) is 0 Å². The summed E-state index contributed by atoms with van der Waals surface area (Å²) in [5.74, 6) is -0.770. The Labute approximate surface area is 168 Å². The first-order valence-corrected chi connectivity index (χ1v) is 8.75. The molecule has 0 heterocycles. The average molecular weight is 345 g/mol. The predicted molar refractivity (Wildman–Crippen MR) is 102 cm³/mol. The molecule has 1 aromatic rings. The molecule has 5 heteroatoms. The number of carboxylic acids is 1. The molecule has 0 saturated carbocycles. The van der Waals surface area contributed by atoms with Gasteiger partial charge in [0.15, 0.2) is 0 Å². The Morgan fingerprint density at radius 3 is 2.29 bits per heavy atom. The summed E-state index contributed by atoms with van der Waals surface area (Å²) in [7, 11) is 1.70. The Bertz CT molecular complexity index is 494. The van der Waals surface area contributed by atoms with Crippen molar-refractivity contribution in [2.24, 2.45) is 0 Å². The molecule has 0 aromatic heterocycles. The van der Waals surface area contributed by atoms with E-state index in [1.165, 1.54) is 38.5 Å². The molecule has 1 aromatic carbocycles. The zero-order chi connectivity index (χ0) is 17.2. The van der Waals surface area contributed by atoms with Gasteiger partial charge in [0.1, 0.15) is 11.8 Å². The maximum absolute atomic E-state index is 11.1. The molecule has 0 saturated heterocycles. The van der Waals surface area contributed by atoms with Crippen LogP contribution >= 0.6 is 0 Å². The van der Waals surface area contributed by atoms with Gasteiger partial charge in [-0.3, -0.25) is 0 Å². The molecular formula is C19H32NNaO3. The van der Waals surface area contributed by atoms with E-state index in [-0.39, 0.29) is 35.3 Å². The number of nitrogens with zero attached hydrogens (tertiary/aromatic N) is 1. The van der Waals surface area contributed by atoms with Crippen LogP contribution in [-0.2, 0) is 11.2 Å². The van der Waals surface area contributed by atoms with Crippen LogP contribution in [0.15, 0.2) is 18.2 Å². The number of hydrogen-bond acceptors (Lipinski definition) is 3. The van der Waals surface area contributed by atoms with E-state index < -0.39 is 12.0 Å². The third kappa shape index (κ3) is 7.91. The third-order valence-electron chi connectivity index (χ3n) is 4.43. The van der Waals surface area contributed by atoms with Crippen LogP contribution in [0.2, 0.25) is 0 Å². The second kappa shape index (κ2) is 12.6. The SMILES string of the molecule is CCCCCCCCCc1ccc(O)c(N(C)C(C)C(=O)O)c1.[NaH]. The molecule has 1 rings (SSSR count). The maximum atomic E-state index is 11.1. The van der Waals surface area contributed by atoms with E-state index in [9.17, 15) is 9.90 Å². The molecule has 0 aliphatic rings. The van der Waals surface area contributed by atoms with E-state index in [1.807, 2.05) is 12.1 Å². The number of hydrogen-bond donors (Lipinski definition) is 2. The first-order chi connectivity index (χ1) is 11.0. The predicted octanol–water partition coefficient (Wildman–Crippen LogP) is 3.95. The van der Waals surface area contributed by atoms with Gasteiger partial charge in [0.05, 0.1) is 5.69 Å². The van der Waals surface area contributed by atoms with Crippen molar-refractivity contribution in [1.29, 1.82) is 0 Å². The van der Waals surface area contributed by atoms with Crippen LogP contribution in [0, 0.1) is 0 Å². The van der Waals surface area contributed by atoms with Gasteiger partial charge in [-0.25, -0.2) is 4.79 Å². The van der Waals surface area contributed by atoms with Gasteiger partial charge in [0, 0.05) is 7.05 Å². The Hall–Kier alpha value is -0.710. The molecule has 0 fully saturated rings. The summed E-state index contributed by atoms with van der Waals surface area (Å²) >= 11 is 0. The molecule has 0 aliphatic carbocycles. The summed E-state index contributed by atoms with van der Waals surface area (Å²) in [6.07, 6.45) is 9.85. The zero-order valence-electron chi connectivity index (χ0n) is 14.7. The van der Waals surface area contributed by atoms with Crippen molar-refractivity contribution >= 4 is 41.2 Å². The summed E-state index contributed by atoms with van der Waals surface area (Å²) in [5.41, 5.74) is 1.73. The van der Waals surface area contributed by atoms with Gasteiger partial charge in [-0.05, 0) is 37.5 Å². The first-order valence-electron chi connectivity index (χ1n) is 8.75. The van der Waals surface area contributed by atoms with Crippen LogP contribution in [0.3, 0.4) is 0 Å². The molecule has 132 valence electrons. The molecule has 0 bridgehead atoms. The van der Waals surface area contributed by atoms with Crippen LogP contribution < -0.4 is 4.90 Å². The number of aryl methyl sites for hydroxylation is 1. The van der Waals surface area contributed by atoms with Crippen LogP contribution in [-0.4, -0.2) is 58.8 Å². The number of aromatic hydroxyl groups is 1. The summed E-state index contributed by atoms with van der Waals surface area (Å²) in [6, 6.07) is 4.83. The molecule has 0 aliphatic heterocycles. The minimum atomic E-state index is -0.899. The van der Waals surface area contributed by atoms with Gasteiger partial charge in [0.25, 0.3) is 0 Å². The van der Waals surface area contributed by atoms with Crippen LogP contribution in [0.1, 0.15) is 64.4 Å². The molecule has 0 spiro atoms. The van der Waals surface area contributed by atoms with Gasteiger partial charge in [-0.15, -0.1) is 0 Å². The van der Waals surface area contributed by atoms with Crippen molar-refractivity contribution in [1.82, 2.24) is 0 Å². The van der Waals surface area contributed by atoms with E-state index in [4.69, 9.17) is 5.11 Å². The quantitative estimate of drug-likeness (QED) is 0.471. The molecule has 24 heavy (non-hydrogen) atoms. The number of anilines is 1. The monoisotopic (exact) mass is 345 g/mol. The summed E-state index contributed by atoms with van der Waals surface area (Å²) < 4.78 is 0. The number of phenols is 1. The third-order valence-corrected chi connectivity index (χ3v) is 4.43. The zero-order valence-corrected chi connectivity index (χ0v) is 14.7. The van der Waals surface area contributed by atoms with Crippen molar-refractivity contribution in [3.63, 3.8) is 0 Å². The van der Waals surface area contributed by atoms with Gasteiger partial charge < -0.3 is 15.1 Å². The van der Waals surface area contributed by atoms with Crippen molar-refractivity contribution in [2.45, 2.75) is 71.3 Å². The number of benzene rings is 1. The number of carbonyl (C=O) groups is 1. The van der Waals surface area contributed by atoms with Gasteiger partial charge in [-0.2, -0.15) is 0 Å². The van der Waals surface area contributed by atoms with Crippen molar-refractivity contribution in [2.75, 3.05) is 11.9 Å². The standard InChI is InChI=1S/C19H31NO3.Na.H/c1-4-5-6-7-8-9-10-11-16-12-13-18(21)17(14-16)20(3)15(2)19(22)23;;/h12-15,21H,4-11H2,1-3H3,(H,22,23);;. The van der Waals surface area contributed by atoms with Crippen molar-refractivity contribution in [3.05, 3.63) is 23.8 Å². The molecule has 2 N–H and O–H groups in total. The fourth-order valence-corrected chi connectivity index (χ4v) is 2.67. The van der Waals surface area contributed by atoms with E-state index in [0.29, 0.717) is 5.69 Å².